The van der Waals surface area contributed by atoms with E-state index in [1.54, 1.807) is 6.08 Å². The number of ether oxygens (including phenoxy) is 1. The van der Waals surface area contributed by atoms with Crippen molar-refractivity contribution in [2.45, 2.75) is 116 Å². The van der Waals surface area contributed by atoms with Crippen LogP contribution in [0.1, 0.15) is 91.4 Å². The molecular formula is C28H50O6Si. The van der Waals surface area contributed by atoms with Gasteiger partial charge in [0, 0.05) is 6.61 Å². The molecule has 1 unspecified atom stereocenters. The first-order valence-electron chi connectivity index (χ1n) is 13.3. The van der Waals surface area contributed by atoms with Crippen LogP contribution in [0.2, 0.25) is 18.1 Å². The third kappa shape index (κ3) is 10.2. The van der Waals surface area contributed by atoms with Crippen LogP contribution in [0.4, 0.5) is 0 Å². The van der Waals surface area contributed by atoms with Gasteiger partial charge in [0.15, 0.2) is 14.4 Å². The zero-order valence-electron chi connectivity index (χ0n) is 23.0. The lowest BCUT2D eigenvalue weighted by Crippen LogP contribution is -2.40. The van der Waals surface area contributed by atoms with Crippen LogP contribution in [0.15, 0.2) is 24.3 Å². The third-order valence-corrected chi connectivity index (χ3v) is 12.5. The second-order valence-corrected chi connectivity index (χ2v) is 16.3. The van der Waals surface area contributed by atoms with E-state index in [-0.39, 0.29) is 11.0 Å². The highest BCUT2D eigenvalue weighted by molar-refractivity contribution is 6.74. The van der Waals surface area contributed by atoms with Crippen molar-refractivity contribution >= 4 is 20.3 Å². The van der Waals surface area contributed by atoms with Crippen molar-refractivity contribution < 1.29 is 29.0 Å². The monoisotopic (exact) mass is 510 g/mol. The summed E-state index contributed by atoms with van der Waals surface area (Å²) in [6.45, 7) is 12.2. The molecule has 202 valence electrons. The molecule has 0 amide bonds. The van der Waals surface area contributed by atoms with Crippen molar-refractivity contribution in [3.05, 3.63) is 24.3 Å². The topological polar surface area (TPSA) is 93.1 Å². The Balaban J connectivity index is 2.56. The zero-order chi connectivity index (χ0) is 26.5. The summed E-state index contributed by atoms with van der Waals surface area (Å²) in [7, 11) is -0.442. The number of unbranched alkanes of at least 4 members (excludes halogenated alkanes) is 4. The highest BCUT2D eigenvalue weighted by atomic mass is 28.4. The van der Waals surface area contributed by atoms with Gasteiger partial charge < -0.3 is 19.4 Å². The lowest BCUT2D eigenvalue weighted by molar-refractivity contribution is -0.149. The van der Waals surface area contributed by atoms with Crippen molar-refractivity contribution in [3.8, 4) is 0 Å². The molecule has 0 aromatic rings. The lowest BCUT2D eigenvalue weighted by Gasteiger charge is -2.36. The Morgan fingerprint density at radius 2 is 1.66 bits per heavy atom. The molecule has 1 saturated carbocycles. The van der Waals surface area contributed by atoms with Crippen molar-refractivity contribution in [2.75, 3.05) is 13.7 Å². The van der Waals surface area contributed by atoms with Gasteiger partial charge >= 0.3 is 11.9 Å². The average Bonchev–Trinajstić information content (AvgIpc) is 3.32. The van der Waals surface area contributed by atoms with Crippen LogP contribution >= 0.6 is 0 Å². The number of carbonyl (C=O) groups excluding carboxylic acids is 1. The van der Waals surface area contributed by atoms with E-state index in [0.29, 0.717) is 12.8 Å². The van der Waals surface area contributed by atoms with Crippen LogP contribution < -0.4 is 0 Å². The van der Waals surface area contributed by atoms with E-state index in [9.17, 15) is 19.8 Å². The molecule has 0 aromatic heterocycles. The smallest absolute Gasteiger partial charge is 0.338 e. The fourth-order valence-electron chi connectivity index (χ4n) is 4.52. The van der Waals surface area contributed by atoms with Gasteiger partial charge in [-0.2, -0.15) is 0 Å². The van der Waals surface area contributed by atoms with Crippen LogP contribution in [-0.2, 0) is 18.8 Å². The Labute approximate surface area is 214 Å². The number of carbonyl (C=O) groups is 2. The fraction of sp³-hybridized carbons (Fsp3) is 0.786. The molecule has 2 atom stereocenters. The molecule has 0 spiro atoms. The summed E-state index contributed by atoms with van der Waals surface area (Å²) in [5.74, 6) is -1.36. The van der Waals surface area contributed by atoms with E-state index in [4.69, 9.17) is 4.43 Å². The number of carboxylic acid groups (broad SMARTS) is 1. The Kier molecular flexibility index (Phi) is 13.5. The molecule has 1 aliphatic rings. The number of rotatable bonds is 16. The molecule has 1 fully saturated rings. The van der Waals surface area contributed by atoms with E-state index in [1.165, 1.54) is 13.2 Å². The number of allylic oxidation sites excluding steroid dienone is 2. The maximum absolute atomic E-state index is 12.5. The Hall–Kier alpha value is -1.44. The number of methoxy groups -OCH3 is 1. The molecule has 35 heavy (non-hydrogen) atoms. The number of esters is 1. The summed E-state index contributed by atoms with van der Waals surface area (Å²) < 4.78 is 10.8. The Bertz CT molecular complexity index is 703. The van der Waals surface area contributed by atoms with E-state index in [1.807, 2.05) is 6.08 Å². The minimum atomic E-state index is -1.67. The van der Waals surface area contributed by atoms with Gasteiger partial charge in [-0.1, -0.05) is 64.7 Å². The molecule has 0 radical (unpaired) electrons. The molecule has 0 aliphatic heterocycles. The highest BCUT2D eigenvalue weighted by Crippen LogP contribution is 2.45. The molecule has 1 aliphatic carbocycles. The van der Waals surface area contributed by atoms with Crippen molar-refractivity contribution in [1.29, 1.82) is 0 Å². The normalized spacial score (nSPS) is 18.3. The number of aliphatic hydroxyl groups is 1. The molecule has 7 heteroatoms. The van der Waals surface area contributed by atoms with Gasteiger partial charge in [0.1, 0.15) is 0 Å². The van der Waals surface area contributed by atoms with E-state index in [0.717, 1.165) is 64.4 Å². The number of aliphatic carboxylic acids is 1. The van der Waals surface area contributed by atoms with E-state index in [2.05, 4.69) is 44.7 Å². The maximum atomic E-state index is 12.5. The van der Waals surface area contributed by atoms with Crippen LogP contribution in [0.3, 0.4) is 0 Å². The first-order chi connectivity index (χ1) is 16.4. The SMILES string of the molecule is COC(=O)C(O)/C=C/CC[C@@](/C=C\CCCCCCO[Si](C)(C)C(C)(C)C)(C(=O)O)C1CCCC1. The van der Waals surface area contributed by atoms with Gasteiger partial charge in [-0.15, -0.1) is 0 Å². The molecule has 6 nitrogen and oxygen atoms in total. The molecule has 0 saturated heterocycles. The van der Waals surface area contributed by atoms with Gasteiger partial charge in [0.25, 0.3) is 0 Å². The summed E-state index contributed by atoms with van der Waals surface area (Å²) in [5.41, 5.74) is -0.895. The van der Waals surface area contributed by atoms with Crippen molar-refractivity contribution in [1.82, 2.24) is 0 Å². The lowest BCUT2D eigenvalue weighted by atomic mass is 9.70. The summed E-state index contributed by atoms with van der Waals surface area (Å²) in [5, 5.41) is 20.2. The predicted octanol–water partition coefficient (Wildman–Crippen LogP) is 6.65. The second-order valence-electron chi connectivity index (χ2n) is 11.5. The number of aliphatic hydroxyl groups excluding tert-OH is 1. The summed E-state index contributed by atoms with van der Waals surface area (Å²) in [4.78, 5) is 23.8. The molecule has 2 N–H and O–H groups in total. The summed E-state index contributed by atoms with van der Waals surface area (Å²) in [6, 6.07) is 0. The average molecular weight is 511 g/mol. The standard InChI is InChI=1S/C28H50O6Si/c1-27(2,3)35(5,6)34-22-16-10-8-7-9-14-20-28(26(31)32,23-17-11-12-18-23)21-15-13-19-24(29)25(30)33-4/h13-14,19-20,23-24,29H,7-12,15-18,21-22H2,1-6H3,(H,31,32)/b19-13+,20-14-/t24?,28-/m1/s1. The second kappa shape index (κ2) is 15.0. The highest BCUT2D eigenvalue weighted by Gasteiger charge is 2.44. The van der Waals surface area contributed by atoms with Crippen LogP contribution in [0, 0.1) is 11.3 Å². The molecular weight excluding hydrogens is 460 g/mol. The molecule has 0 aromatic carbocycles. The summed E-state index contributed by atoms with van der Waals surface area (Å²) >= 11 is 0. The molecule has 0 heterocycles. The molecule has 0 bridgehead atoms. The third-order valence-electron chi connectivity index (χ3n) is 7.92. The van der Waals surface area contributed by atoms with Gasteiger partial charge in [0.05, 0.1) is 12.5 Å². The van der Waals surface area contributed by atoms with Gasteiger partial charge in [-0.25, -0.2) is 4.79 Å². The molecule has 1 rings (SSSR count). The van der Waals surface area contributed by atoms with Crippen molar-refractivity contribution in [2.24, 2.45) is 11.3 Å². The van der Waals surface area contributed by atoms with Crippen molar-refractivity contribution in [3.63, 3.8) is 0 Å². The number of hydrogen-bond acceptors (Lipinski definition) is 5. The van der Waals surface area contributed by atoms with Crippen LogP contribution in [0.25, 0.3) is 0 Å². The fourth-order valence-corrected chi connectivity index (χ4v) is 5.61. The van der Waals surface area contributed by atoms with E-state index < -0.39 is 31.8 Å². The summed E-state index contributed by atoms with van der Waals surface area (Å²) in [6.07, 6.45) is 15.9. The Morgan fingerprint density at radius 1 is 1.03 bits per heavy atom. The first kappa shape index (κ1) is 31.6. The Morgan fingerprint density at radius 3 is 2.23 bits per heavy atom. The minimum absolute atomic E-state index is 0.127. The first-order valence-corrected chi connectivity index (χ1v) is 16.3. The quantitative estimate of drug-likeness (QED) is 0.105. The predicted molar refractivity (Wildman–Crippen MR) is 144 cm³/mol. The van der Waals surface area contributed by atoms with Gasteiger partial charge in [-0.3, -0.25) is 4.79 Å². The number of carboxylic acids is 1. The maximum Gasteiger partial charge on any atom is 0.338 e. The minimum Gasteiger partial charge on any atom is -0.481 e. The van der Waals surface area contributed by atoms with Gasteiger partial charge in [-0.05, 0) is 75.1 Å². The van der Waals surface area contributed by atoms with E-state index >= 15 is 0 Å². The van der Waals surface area contributed by atoms with Crippen LogP contribution in [0.5, 0.6) is 0 Å². The van der Waals surface area contributed by atoms with Crippen LogP contribution in [-0.4, -0.2) is 50.3 Å². The zero-order valence-corrected chi connectivity index (χ0v) is 24.0. The number of hydrogen-bond donors (Lipinski definition) is 2. The van der Waals surface area contributed by atoms with Gasteiger partial charge in [0.2, 0.25) is 0 Å². The largest absolute Gasteiger partial charge is 0.481 e.